The largest absolute Gasteiger partial charge is 0.352 e. The lowest BCUT2D eigenvalue weighted by atomic mass is 10.1. The van der Waals surface area contributed by atoms with Gasteiger partial charge in [0.25, 0.3) is 5.91 Å². The molecular weight excluding hydrogens is 228 g/mol. The number of nitrogens with one attached hydrogen (secondary N) is 1. The second-order valence-electron chi connectivity index (χ2n) is 4.70. The predicted molar refractivity (Wildman–Crippen MR) is 66.9 cm³/mol. The Morgan fingerprint density at radius 3 is 3.17 bits per heavy atom. The maximum absolute atomic E-state index is 11.9. The Morgan fingerprint density at radius 2 is 2.50 bits per heavy atom. The predicted octanol–water partition coefficient (Wildman–Crippen LogP) is 0.635. The summed E-state index contributed by atoms with van der Waals surface area (Å²) in [7, 11) is 2.09. The van der Waals surface area contributed by atoms with Crippen molar-refractivity contribution in [2.45, 2.75) is 6.42 Å². The average molecular weight is 244 g/mol. The molecular formula is C13H16N4O. The number of likely N-dealkylation sites (tertiary alicyclic amines) is 1. The Morgan fingerprint density at radius 1 is 1.67 bits per heavy atom. The molecule has 0 aliphatic carbocycles. The van der Waals surface area contributed by atoms with Crippen LogP contribution in [0.3, 0.4) is 0 Å². The second-order valence-corrected chi connectivity index (χ2v) is 4.70. The fourth-order valence-electron chi connectivity index (χ4n) is 2.16. The average Bonchev–Trinajstić information content (AvgIpc) is 2.82. The Bertz CT molecular complexity index is 480. The number of carbonyl (C=O) groups excluding carboxylic acids is 1. The molecule has 5 nitrogen and oxygen atoms in total. The lowest BCUT2D eigenvalue weighted by Crippen LogP contribution is -2.30. The highest BCUT2D eigenvalue weighted by Crippen LogP contribution is 2.13. The quantitative estimate of drug-likeness (QED) is 0.847. The van der Waals surface area contributed by atoms with Crippen molar-refractivity contribution in [2.24, 2.45) is 5.92 Å². The van der Waals surface area contributed by atoms with Crippen LogP contribution in [-0.2, 0) is 0 Å². The van der Waals surface area contributed by atoms with Crippen LogP contribution in [0.5, 0.6) is 0 Å². The third-order valence-corrected chi connectivity index (χ3v) is 3.17. The zero-order valence-corrected chi connectivity index (χ0v) is 10.4. The van der Waals surface area contributed by atoms with Gasteiger partial charge in [-0.05, 0) is 32.0 Å². The van der Waals surface area contributed by atoms with Crippen molar-refractivity contribution in [2.75, 3.05) is 26.7 Å². The summed E-state index contributed by atoms with van der Waals surface area (Å²) in [5.74, 6) is 0.361. The third kappa shape index (κ3) is 3.05. The van der Waals surface area contributed by atoms with Crippen molar-refractivity contribution < 1.29 is 4.79 Å². The van der Waals surface area contributed by atoms with Crippen molar-refractivity contribution in [1.82, 2.24) is 15.2 Å². The number of pyridine rings is 1. The van der Waals surface area contributed by atoms with Crippen LogP contribution >= 0.6 is 0 Å². The molecule has 1 amide bonds. The highest BCUT2D eigenvalue weighted by molar-refractivity contribution is 5.94. The fourth-order valence-corrected chi connectivity index (χ4v) is 2.16. The van der Waals surface area contributed by atoms with Crippen molar-refractivity contribution in [3.8, 4) is 6.07 Å². The Hall–Kier alpha value is -1.93. The van der Waals surface area contributed by atoms with Crippen LogP contribution in [0.25, 0.3) is 0 Å². The standard InChI is InChI=1S/C13H16N4O/c1-17-3-2-10(9-17)7-16-13(18)12-4-11(5-14)6-15-8-12/h4,6,8,10H,2-3,7,9H2,1H3,(H,16,18). The second kappa shape index (κ2) is 5.61. The van der Waals surface area contributed by atoms with Gasteiger partial charge in [0.15, 0.2) is 0 Å². The van der Waals surface area contributed by atoms with E-state index in [1.165, 1.54) is 12.4 Å². The number of carbonyl (C=O) groups is 1. The molecule has 0 bridgehead atoms. The molecule has 0 saturated carbocycles. The molecule has 5 heteroatoms. The molecule has 2 heterocycles. The normalized spacial score (nSPS) is 19.4. The summed E-state index contributed by atoms with van der Waals surface area (Å²) in [6, 6.07) is 3.53. The van der Waals surface area contributed by atoms with Gasteiger partial charge in [0, 0.05) is 25.5 Å². The van der Waals surface area contributed by atoms with E-state index >= 15 is 0 Å². The Labute approximate surface area is 106 Å². The van der Waals surface area contributed by atoms with Crippen LogP contribution in [0.1, 0.15) is 22.3 Å². The molecule has 1 aliphatic heterocycles. The van der Waals surface area contributed by atoms with Crippen molar-refractivity contribution >= 4 is 5.91 Å². The Kier molecular flexibility index (Phi) is 3.90. The first-order valence-corrected chi connectivity index (χ1v) is 6.01. The zero-order valence-electron chi connectivity index (χ0n) is 10.4. The first kappa shape index (κ1) is 12.5. The van der Waals surface area contributed by atoms with E-state index in [-0.39, 0.29) is 5.91 Å². The van der Waals surface area contributed by atoms with E-state index in [1.54, 1.807) is 6.07 Å². The number of amides is 1. The van der Waals surface area contributed by atoms with E-state index in [0.717, 1.165) is 19.5 Å². The number of hydrogen-bond donors (Lipinski definition) is 1. The van der Waals surface area contributed by atoms with Crippen LogP contribution in [0, 0.1) is 17.2 Å². The summed E-state index contributed by atoms with van der Waals surface area (Å²) >= 11 is 0. The number of aromatic nitrogens is 1. The first-order chi connectivity index (χ1) is 8.69. The zero-order chi connectivity index (χ0) is 13.0. The van der Waals surface area contributed by atoms with Gasteiger partial charge < -0.3 is 10.2 Å². The van der Waals surface area contributed by atoms with Gasteiger partial charge >= 0.3 is 0 Å². The molecule has 94 valence electrons. The third-order valence-electron chi connectivity index (χ3n) is 3.17. The summed E-state index contributed by atoms with van der Waals surface area (Å²) in [6.45, 7) is 2.79. The van der Waals surface area contributed by atoms with E-state index in [1.807, 2.05) is 6.07 Å². The minimum atomic E-state index is -0.158. The topological polar surface area (TPSA) is 69.0 Å². The number of rotatable bonds is 3. The summed E-state index contributed by atoms with van der Waals surface area (Å²) in [5.41, 5.74) is 0.851. The van der Waals surface area contributed by atoms with Crippen LogP contribution < -0.4 is 5.32 Å². The van der Waals surface area contributed by atoms with Crippen LogP contribution in [0.15, 0.2) is 18.5 Å². The van der Waals surface area contributed by atoms with Crippen LogP contribution in [0.4, 0.5) is 0 Å². The smallest absolute Gasteiger partial charge is 0.252 e. The summed E-state index contributed by atoms with van der Waals surface area (Å²) in [6.07, 6.45) is 4.05. The van der Waals surface area contributed by atoms with Crippen LogP contribution in [0.2, 0.25) is 0 Å². The van der Waals surface area contributed by atoms with Gasteiger partial charge in [-0.2, -0.15) is 5.26 Å². The molecule has 1 aromatic rings. The molecule has 1 unspecified atom stereocenters. The van der Waals surface area contributed by atoms with E-state index in [9.17, 15) is 4.79 Å². The van der Waals surface area contributed by atoms with Crippen molar-refractivity contribution in [3.63, 3.8) is 0 Å². The lowest BCUT2D eigenvalue weighted by molar-refractivity contribution is 0.0947. The van der Waals surface area contributed by atoms with Gasteiger partial charge in [-0.15, -0.1) is 0 Å². The highest BCUT2D eigenvalue weighted by atomic mass is 16.1. The van der Waals surface area contributed by atoms with Gasteiger partial charge in [0.2, 0.25) is 0 Å². The molecule has 18 heavy (non-hydrogen) atoms. The summed E-state index contributed by atoms with van der Waals surface area (Å²) in [4.78, 5) is 18.0. The van der Waals surface area contributed by atoms with Gasteiger partial charge in [-0.25, -0.2) is 0 Å². The molecule has 1 aliphatic rings. The highest BCUT2D eigenvalue weighted by Gasteiger charge is 2.20. The lowest BCUT2D eigenvalue weighted by Gasteiger charge is -2.11. The SMILES string of the molecule is CN1CCC(CNC(=O)c2cncc(C#N)c2)C1. The molecule has 0 aromatic carbocycles. The minimum absolute atomic E-state index is 0.158. The molecule has 2 rings (SSSR count). The minimum Gasteiger partial charge on any atom is -0.352 e. The molecule has 0 spiro atoms. The first-order valence-electron chi connectivity index (χ1n) is 6.01. The monoisotopic (exact) mass is 244 g/mol. The van der Waals surface area contributed by atoms with E-state index in [0.29, 0.717) is 23.6 Å². The van der Waals surface area contributed by atoms with E-state index in [2.05, 4.69) is 22.2 Å². The molecule has 1 N–H and O–H groups in total. The van der Waals surface area contributed by atoms with Gasteiger partial charge in [0.1, 0.15) is 6.07 Å². The summed E-state index contributed by atoms with van der Waals surface area (Å²) in [5, 5.41) is 11.6. The number of nitrogens with zero attached hydrogens (tertiary/aromatic N) is 3. The molecule has 1 aromatic heterocycles. The molecule has 1 saturated heterocycles. The number of hydrogen-bond acceptors (Lipinski definition) is 4. The molecule has 1 fully saturated rings. The van der Waals surface area contributed by atoms with E-state index < -0.39 is 0 Å². The van der Waals surface area contributed by atoms with Crippen LogP contribution in [-0.4, -0.2) is 42.5 Å². The van der Waals surface area contributed by atoms with Gasteiger partial charge in [0.05, 0.1) is 11.1 Å². The summed E-state index contributed by atoms with van der Waals surface area (Å²) < 4.78 is 0. The Balaban J connectivity index is 1.89. The van der Waals surface area contributed by atoms with Gasteiger partial charge in [-0.3, -0.25) is 9.78 Å². The maximum Gasteiger partial charge on any atom is 0.252 e. The van der Waals surface area contributed by atoms with E-state index in [4.69, 9.17) is 5.26 Å². The van der Waals surface area contributed by atoms with Gasteiger partial charge in [-0.1, -0.05) is 0 Å². The number of nitriles is 1. The maximum atomic E-state index is 11.9. The fraction of sp³-hybridized carbons (Fsp3) is 0.462. The molecule has 1 atom stereocenters. The van der Waals surface area contributed by atoms with Crippen molar-refractivity contribution in [3.05, 3.63) is 29.6 Å². The molecule has 0 radical (unpaired) electrons. The van der Waals surface area contributed by atoms with Crippen molar-refractivity contribution in [1.29, 1.82) is 5.26 Å².